The lowest BCUT2D eigenvalue weighted by Gasteiger charge is -2.29. The number of rotatable bonds is 5. The Balaban J connectivity index is 1.90. The fourth-order valence-electron chi connectivity index (χ4n) is 3.41. The van der Waals surface area contributed by atoms with E-state index < -0.39 is 16.5 Å². The lowest BCUT2D eigenvalue weighted by Crippen LogP contribution is -2.15. The van der Waals surface area contributed by atoms with Crippen LogP contribution in [0.15, 0.2) is 67.0 Å². The summed E-state index contributed by atoms with van der Waals surface area (Å²) < 4.78 is 42.0. The lowest BCUT2D eigenvalue weighted by molar-refractivity contribution is 0.492. The van der Waals surface area contributed by atoms with E-state index in [0.29, 0.717) is 17.1 Å². The Morgan fingerprint density at radius 2 is 1.90 bits per heavy atom. The van der Waals surface area contributed by atoms with Crippen LogP contribution >= 0.6 is 12.2 Å². The highest BCUT2D eigenvalue weighted by Crippen LogP contribution is 2.46. The first-order valence-electron chi connectivity index (χ1n) is 8.85. The van der Waals surface area contributed by atoms with E-state index in [-0.39, 0.29) is 11.7 Å². The molecule has 0 saturated carbocycles. The van der Waals surface area contributed by atoms with Crippen molar-refractivity contribution in [1.82, 2.24) is 4.98 Å². The van der Waals surface area contributed by atoms with Crippen LogP contribution in [-0.2, 0) is 16.5 Å². The molecule has 1 aromatic heterocycles. The highest BCUT2D eigenvalue weighted by atomic mass is 32.2. The van der Waals surface area contributed by atoms with E-state index in [4.69, 9.17) is 17.0 Å². The van der Waals surface area contributed by atoms with Gasteiger partial charge in [-0.25, -0.2) is 12.8 Å². The summed E-state index contributed by atoms with van der Waals surface area (Å²) in [4.78, 5) is 4.21. The van der Waals surface area contributed by atoms with Crippen LogP contribution in [0.1, 0.15) is 28.2 Å². The molecule has 7 heteroatoms. The van der Waals surface area contributed by atoms with Crippen molar-refractivity contribution >= 4 is 39.6 Å². The first kappa shape index (κ1) is 19.4. The Morgan fingerprint density at radius 1 is 1.10 bits per heavy atom. The Labute approximate surface area is 174 Å². The zero-order chi connectivity index (χ0) is 20.4. The summed E-state index contributed by atoms with van der Waals surface area (Å²) in [5, 5.41) is 1.64. The molecule has 0 spiro atoms. The van der Waals surface area contributed by atoms with E-state index in [1.807, 2.05) is 12.1 Å². The monoisotopic (exact) mass is 425 g/mol. The van der Waals surface area contributed by atoms with Gasteiger partial charge in [-0.1, -0.05) is 48.6 Å². The van der Waals surface area contributed by atoms with E-state index in [0.717, 1.165) is 22.3 Å². The van der Waals surface area contributed by atoms with E-state index >= 15 is 0 Å². The van der Waals surface area contributed by atoms with Crippen LogP contribution in [0.3, 0.4) is 0 Å². The van der Waals surface area contributed by atoms with Crippen LogP contribution in [-0.4, -0.2) is 18.8 Å². The van der Waals surface area contributed by atoms with Gasteiger partial charge < -0.3 is 4.74 Å². The minimum Gasteiger partial charge on any atom is -0.456 e. The van der Waals surface area contributed by atoms with Gasteiger partial charge in [-0.2, -0.15) is 0 Å². The molecule has 146 valence electrons. The van der Waals surface area contributed by atoms with E-state index in [2.05, 4.69) is 4.98 Å². The van der Waals surface area contributed by atoms with Crippen LogP contribution in [0.4, 0.5) is 4.39 Å². The van der Waals surface area contributed by atoms with E-state index in [1.54, 1.807) is 48.1 Å². The summed E-state index contributed by atoms with van der Waals surface area (Å²) in [5.74, 6) is 0.238. The van der Waals surface area contributed by atoms with Crippen LogP contribution in [0.2, 0.25) is 0 Å². The summed E-state index contributed by atoms with van der Waals surface area (Å²) in [6, 6.07) is 15.2. The maximum absolute atomic E-state index is 13.8. The standard InChI is InChI=1S/C22H16FNO3S2/c23-17-7-8-18-19(12-28)21(16-2-1-9-24-11-16)22(27-20(18)10-17)15-5-3-14(4-6-15)13-29(25)26/h1-12,19,29H,13H2. The van der Waals surface area contributed by atoms with Gasteiger partial charge in [0.2, 0.25) is 0 Å². The Bertz CT molecular complexity index is 1160. The molecule has 1 aliphatic heterocycles. The van der Waals surface area contributed by atoms with Gasteiger partial charge in [0.25, 0.3) is 0 Å². The number of thiocarbonyl (C=S) groups is 1. The average Bonchev–Trinajstić information content (AvgIpc) is 2.73. The van der Waals surface area contributed by atoms with Crippen molar-refractivity contribution < 1.29 is 17.5 Å². The molecule has 4 nitrogen and oxygen atoms in total. The summed E-state index contributed by atoms with van der Waals surface area (Å²) in [7, 11) is -2.51. The van der Waals surface area contributed by atoms with Crippen molar-refractivity contribution in [1.29, 1.82) is 0 Å². The summed E-state index contributed by atoms with van der Waals surface area (Å²) in [6.07, 6.45) is 3.41. The molecular formula is C22H16FNO3S2. The van der Waals surface area contributed by atoms with Gasteiger partial charge in [-0.3, -0.25) is 4.98 Å². The first-order chi connectivity index (χ1) is 14.1. The number of allylic oxidation sites excluding steroid dienone is 1. The quantitative estimate of drug-likeness (QED) is 0.486. The molecule has 4 rings (SSSR count). The van der Waals surface area contributed by atoms with Gasteiger partial charge >= 0.3 is 0 Å². The number of fused-ring (bicyclic) bond motifs is 1. The molecule has 0 amide bonds. The van der Waals surface area contributed by atoms with Crippen LogP contribution in [0.25, 0.3) is 11.3 Å². The second-order valence-electron chi connectivity index (χ2n) is 6.57. The zero-order valence-corrected chi connectivity index (χ0v) is 16.8. The molecule has 3 aromatic rings. The number of benzene rings is 2. The third kappa shape index (κ3) is 3.97. The molecule has 1 aliphatic rings. The predicted octanol–water partition coefficient (Wildman–Crippen LogP) is 4.38. The fraction of sp³-hybridized carbons (Fsp3) is 0.0909. The average molecular weight is 426 g/mol. The smallest absolute Gasteiger partial charge is 0.144 e. The number of nitrogens with zero attached hydrogens (tertiary/aromatic N) is 1. The van der Waals surface area contributed by atoms with Gasteiger partial charge in [0, 0.05) is 46.6 Å². The number of pyridine rings is 1. The zero-order valence-electron chi connectivity index (χ0n) is 15.1. The second kappa shape index (κ2) is 8.23. The molecule has 1 atom stereocenters. The van der Waals surface area contributed by atoms with Crippen LogP contribution in [0, 0.1) is 5.82 Å². The highest BCUT2D eigenvalue weighted by molar-refractivity contribution is 7.79. The number of halogens is 1. The van der Waals surface area contributed by atoms with E-state index in [1.165, 1.54) is 12.1 Å². The molecular weight excluding hydrogens is 409 g/mol. The topological polar surface area (TPSA) is 56.3 Å². The number of aromatic nitrogens is 1. The molecule has 0 saturated heterocycles. The minimum absolute atomic E-state index is 0.0262. The Hall–Kier alpha value is -2.90. The summed E-state index contributed by atoms with van der Waals surface area (Å²) in [6.45, 7) is 0. The first-order valence-corrected chi connectivity index (χ1v) is 10.7. The Morgan fingerprint density at radius 3 is 2.55 bits per heavy atom. The normalized spacial score (nSPS) is 15.7. The van der Waals surface area contributed by atoms with Crippen LogP contribution in [0.5, 0.6) is 5.75 Å². The largest absolute Gasteiger partial charge is 0.456 e. The lowest BCUT2D eigenvalue weighted by atomic mass is 9.84. The predicted molar refractivity (Wildman–Crippen MR) is 115 cm³/mol. The number of hydrogen-bond donors (Lipinski definition) is 1. The highest BCUT2D eigenvalue weighted by Gasteiger charge is 2.30. The molecule has 2 heterocycles. The van der Waals surface area contributed by atoms with E-state index in [9.17, 15) is 12.8 Å². The number of hydrogen-bond acceptors (Lipinski definition) is 5. The van der Waals surface area contributed by atoms with Crippen LogP contribution < -0.4 is 4.74 Å². The van der Waals surface area contributed by atoms with Crippen molar-refractivity contribution in [2.24, 2.45) is 0 Å². The van der Waals surface area contributed by atoms with Gasteiger partial charge in [0.15, 0.2) is 0 Å². The van der Waals surface area contributed by atoms with Gasteiger partial charge in [0.05, 0.1) is 5.75 Å². The Kier molecular flexibility index (Phi) is 5.51. The molecule has 2 aromatic carbocycles. The molecule has 1 unspecified atom stereocenters. The number of thiol groups is 1. The maximum Gasteiger partial charge on any atom is 0.144 e. The molecule has 0 N–H and O–H groups in total. The molecule has 0 bridgehead atoms. The van der Waals surface area contributed by atoms with Crippen molar-refractivity contribution in [3.63, 3.8) is 0 Å². The summed E-state index contributed by atoms with van der Waals surface area (Å²) in [5.41, 5.74) is 3.88. The van der Waals surface area contributed by atoms with Crippen molar-refractivity contribution in [2.75, 3.05) is 0 Å². The third-order valence-electron chi connectivity index (χ3n) is 4.71. The van der Waals surface area contributed by atoms with Crippen molar-refractivity contribution in [3.8, 4) is 5.75 Å². The minimum atomic E-state index is -2.51. The SMILES string of the molecule is O=[SH](=O)Cc1ccc(C2=C(c3cccnc3)C(C=S)c3ccc(F)cc3O2)cc1. The van der Waals surface area contributed by atoms with Gasteiger partial charge in [-0.05, 0) is 23.1 Å². The third-order valence-corrected chi connectivity index (χ3v) is 5.61. The number of ether oxygens (including phenoxy) is 1. The maximum atomic E-state index is 13.8. The molecule has 0 aliphatic carbocycles. The molecule has 0 fully saturated rings. The molecule has 0 radical (unpaired) electrons. The van der Waals surface area contributed by atoms with Crippen molar-refractivity contribution in [2.45, 2.75) is 11.7 Å². The van der Waals surface area contributed by atoms with Crippen molar-refractivity contribution in [3.05, 3.63) is 95.1 Å². The van der Waals surface area contributed by atoms with Gasteiger partial charge in [0.1, 0.15) is 28.0 Å². The van der Waals surface area contributed by atoms with Gasteiger partial charge in [-0.15, -0.1) is 0 Å². The molecule has 29 heavy (non-hydrogen) atoms. The fourth-order valence-corrected chi connectivity index (χ4v) is 4.21. The summed E-state index contributed by atoms with van der Waals surface area (Å²) >= 11 is 5.33. The second-order valence-corrected chi connectivity index (χ2v) is 7.82.